The summed E-state index contributed by atoms with van der Waals surface area (Å²) in [7, 11) is -3.77. The third kappa shape index (κ3) is 7.21. The maximum atomic E-state index is 13.6. The van der Waals surface area contributed by atoms with Crippen molar-refractivity contribution in [1.29, 1.82) is 0 Å². The Labute approximate surface area is 208 Å². The number of halogens is 1. The van der Waals surface area contributed by atoms with Crippen LogP contribution in [0.4, 0.5) is 5.69 Å². The van der Waals surface area contributed by atoms with E-state index < -0.39 is 28.5 Å². The Kier molecular flexibility index (Phi) is 9.53. The van der Waals surface area contributed by atoms with Gasteiger partial charge < -0.3 is 10.2 Å². The van der Waals surface area contributed by atoms with Gasteiger partial charge in [0.05, 0.1) is 11.9 Å². The zero-order valence-electron chi connectivity index (χ0n) is 20.6. The van der Waals surface area contributed by atoms with Crippen molar-refractivity contribution in [3.05, 3.63) is 64.2 Å². The molecule has 0 aromatic heterocycles. The lowest BCUT2D eigenvalue weighted by Gasteiger charge is -2.32. The largest absolute Gasteiger partial charge is 0.352 e. The lowest BCUT2D eigenvalue weighted by atomic mass is 10.1. The quantitative estimate of drug-likeness (QED) is 0.525. The first-order valence-electron chi connectivity index (χ1n) is 11.2. The minimum Gasteiger partial charge on any atom is -0.352 e. The van der Waals surface area contributed by atoms with Crippen LogP contribution < -0.4 is 9.62 Å². The van der Waals surface area contributed by atoms with Crippen LogP contribution in [0.2, 0.25) is 5.02 Å². The van der Waals surface area contributed by atoms with Crippen LogP contribution >= 0.6 is 11.6 Å². The van der Waals surface area contributed by atoms with Gasteiger partial charge in [-0.2, -0.15) is 0 Å². The van der Waals surface area contributed by atoms with Gasteiger partial charge in [-0.05, 0) is 57.4 Å². The summed E-state index contributed by atoms with van der Waals surface area (Å²) in [6, 6.07) is 11.5. The number of anilines is 1. The predicted molar refractivity (Wildman–Crippen MR) is 137 cm³/mol. The molecule has 0 aliphatic carbocycles. The highest BCUT2D eigenvalue weighted by Crippen LogP contribution is 2.25. The number of carbonyl (C=O) groups is 2. The first kappa shape index (κ1) is 27.7. The van der Waals surface area contributed by atoms with Crippen molar-refractivity contribution >= 4 is 39.1 Å². The average Bonchev–Trinajstić information content (AvgIpc) is 2.76. The summed E-state index contributed by atoms with van der Waals surface area (Å²) in [6.45, 7) is 8.82. The van der Waals surface area contributed by atoms with E-state index in [0.29, 0.717) is 16.3 Å². The summed E-state index contributed by atoms with van der Waals surface area (Å²) in [4.78, 5) is 27.8. The van der Waals surface area contributed by atoms with Crippen molar-refractivity contribution < 1.29 is 18.0 Å². The number of sulfonamides is 1. The normalized spacial score (nSPS) is 13.1. The van der Waals surface area contributed by atoms with E-state index in [9.17, 15) is 18.0 Å². The Morgan fingerprint density at radius 1 is 1.09 bits per heavy atom. The van der Waals surface area contributed by atoms with Crippen LogP contribution in [0.25, 0.3) is 0 Å². The van der Waals surface area contributed by atoms with Gasteiger partial charge in [-0.3, -0.25) is 13.9 Å². The van der Waals surface area contributed by atoms with Gasteiger partial charge in [0.1, 0.15) is 12.6 Å². The molecule has 2 rings (SSSR count). The molecule has 2 unspecified atom stereocenters. The Morgan fingerprint density at radius 2 is 1.74 bits per heavy atom. The van der Waals surface area contributed by atoms with E-state index >= 15 is 0 Å². The highest BCUT2D eigenvalue weighted by molar-refractivity contribution is 7.92. The van der Waals surface area contributed by atoms with Gasteiger partial charge in [-0.1, -0.05) is 54.4 Å². The average molecular weight is 508 g/mol. The minimum absolute atomic E-state index is 0.0602. The van der Waals surface area contributed by atoms with Gasteiger partial charge in [-0.15, -0.1) is 0 Å². The number of nitrogens with zero attached hydrogens (tertiary/aromatic N) is 2. The number of hydrogen-bond acceptors (Lipinski definition) is 4. The molecule has 0 spiro atoms. The van der Waals surface area contributed by atoms with E-state index in [1.54, 1.807) is 50.2 Å². The van der Waals surface area contributed by atoms with Gasteiger partial charge in [-0.25, -0.2) is 8.42 Å². The fourth-order valence-electron chi connectivity index (χ4n) is 3.54. The van der Waals surface area contributed by atoms with Crippen molar-refractivity contribution in [2.75, 3.05) is 17.1 Å². The van der Waals surface area contributed by atoms with E-state index in [1.807, 2.05) is 26.8 Å². The Bertz CT molecular complexity index is 1140. The summed E-state index contributed by atoms with van der Waals surface area (Å²) < 4.78 is 26.5. The van der Waals surface area contributed by atoms with Crippen LogP contribution in [0.5, 0.6) is 0 Å². The highest BCUT2D eigenvalue weighted by atomic mass is 35.5. The Balaban J connectivity index is 2.43. The van der Waals surface area contributed by atoms with Crippen molar-refractivity contribution in [2.45, 2.75) is 59.7 Å². The van der Waals surface area contributed by atoms with Crippen molar-refractivity contribution in [3.8, 4) is 0 Å². The van der Waals surface area contributed by atoms with Crippen LogP contribution in [-0.4, -0.2) is 50.0 Å². The third-order valence-electron chi connectivity index (χ3n) is 5.77. The summed E-state index contributed by atoms with van der Waals surface area (Å²) in [6.07, 6.45) is 1.81. The zero-order chi connectivity index (χ0) is 25.6. The molecule has 0 heterocycles. The molecule has 0 aliphatic rings. The molecular formula is C25H34ClN3O4S. The van der Waals surface area contributed by atoms with E-state index in [-0.39, 0.29) is 18.5 Å². The molecule has 0 fully saturated rings. The molecule has 0 saturated carbocycles. The second-order valence-corrected chi connectivity index (χ2v) is 11.0. The molecule has 2 amide bonds. The lowest BCUT2D eigenvalue weighted by molar-refractivity contribution is -0.139. The molecular weight excluding hydrogens is 474 g/mol. The number of hydrogen-bond donors (Lipinski definition) is 1. The summed E-state index contributed by atoms with van der Waals surface area (Å²) in [5, 5.41) is 3.36. The molecule has 0 saturated heterocycles. The van der Waals surface area contributed by atoms with E-state index in [0.717, 1.165) is 28.1 Å². The number of nitrogens with one attached hydrogen (secondary N) is 1. The van der Waals surface area contributed by atoms with Crippen LogP contribution in [0, 0.1) is 13.8 Å². The minimum atomic E-state index is -3.77. The smallest absolute Gasteiger partial charge is 0.244 e. The predicted octanol–water partition coefficient (Wildman–Crippen LogP) is 4.05. The maximum Gasteiger partial charge on any atom is 0.244 e. The lowest BCUT2D eigenvalue weighted by Crippen LogP contribution is -2.52. The van der Waals surface area contributed by atoms with Gasteiger partial charge in [0.15, 0.2) is 0 Å². The topological polar surface area (TPSA) is 86.8 Å². The van der Waals surface area contributed by atoms with Gasteiger partial charge in [0, 0.05) is 17.6 Å². The summed E-state index contributed by atoms with van der Waals surface area (Å²) in [5.41, 5.74) is 2.81. The molecule has 0 aliphatic heterocycles. The molecule has 2 aromatic carbocycles. The second kappa shape index (κ2) is 11.7. The van der Waals surface area contributed by atoms with Crippen LogP contribution in [0.15, 0.2) is 42.5 Å². The molecule has 0 bridgehead atoms. The van der Waals surface area contributed by atoms with Crippen LogP contribution in [-0.2, 0) is 26.2 Å². The van der Waals surface area contributed by atoms with E-state index in [2.05, 4.69) is 5.32 Å². The summed E-state index contributed by atoms with van der Waals surface area (Å²) in [5.74, 6) is -0.815. The Morgan fingerprint density at radius 3 is 2.29 bits per heavy atom. The van der Waals surface area contributed by atoms with Crippen LogP contribution in [0.3, 0.4) is 0 Å². The van der Waals surface area contributed by atoms with Crippen LogP contribution in [0.1, 0.15) is 43.9 Å². The van der Waals surface area contributed by atoms with Gasteiger partial charge in [0.2, 0.25) is 21.8 Å². The molecule has 1 N–H and O–H groups in total. The first-order valence-corrected chi connectivity index (χ1v) is 13.5. The molecule has 0 radical (unpaired) electrons. The molecule has 2 atom stereocenters. The number of benzene rings is 2. The zero-order valence-corrected chi connectivity index (χ0v) is 22.2. The Hall–Kier alpha value is -2.58. The van der Waals surface area contributed by atoms with Gasteiger partial charge in [0.25, 0.3) is 0 Å². The molecule has 7 nitrogen and oxygen atoms in total. The second-order valence-electron chi connectivity index (χ2n) is 8.67. The number of rotatable bonds is 10. The van der Waals surface area contributed by atoms with Gasteiger partial charge >= 0.3 is 0 Å². The molecule has 2 aromatic rings. The molecule has 186 valence electrons. The maximum absolute atomic E-state index is 13.6. The van der Waals surface area contributed by atoms with Crippen molar-refractivity contribution in [3.63, 3.8) is 0 Å². The number of aryl methyl sites for hydroxylation is 2. The number of amides is 2. The van der Waals surface area contributed by atoms with E-state index in [1.165, 1.54) is 4.90 Å². The third-order valence-corrected chi connectivity index (χ3v) is 7.26. The SMILES string of the molecule is CCC(C)NC(=O)C(C)N(Cc1ccccc1Cl)C(=O)CN(c1ccc(C)cc1C)S(C)(=O)=O. The van der Waals surface area contributed by atoms with E-state index in [4.69, 9.17) is 11.6 Å². The van der Waals surface area contributed by atoms with Crippen molar-refractivity contribution in [1.82, 2.24) is 10.2 Å². The highest BCUT2D eigenvalue weighted by Gasteiger charge is 2.31. The number of carbonyl (C=O) groups excluding carboxylic acids is 2. The molecule has 9 heteroatoms. The van der Waals surface area contributed by atoms with Crippen molar-refractivity contribution in [2.24, 2.45) is 0 Å². The first-order chi connectivity index (χ1) is 15.8. The standard InChI is InChI=1S/C25H34ClN3O4S/c1-7-19(4)27-25(31)20(5)28(15-21-10-8-9-11-22(21)26)24(30)16-29(34(6,32)33)23-13-12-17(2)14-18(23)3/h8-14,19-20H,7,15-16H2,1-6H3,(H,27,31). The monoisotopic (exact) mass is 507 g/mol. The fraction of sp³-hybridized carbons (Fsp3) is 0.440. The fourth-order valence-corrected chi connectivity index (χ4v) is 4.64. The summed E-state index contributed by atoms with van der Waals surface area (Å²) >= 11 is 6.33. The molecule has 34 heavy (non-hydrogen) atoms.